The molecule has 0 heterocycles. The van der Waals surface area contributed by atoms with E-state index in [1.54, 1.807) is 27.8 Å². The molecule has 0 aliphatic heterocycles. The standard InChI is InChI=1S/C23H37N3O4S/c1-8-9-16(3)24-20(27)19(17-12-10-15(2)11-13-17)26(7)21(28)18(14-31)25-22(29)30-23(4,5)6/h10-13,16,18-19,31H,8-9,14H2,1-7H3,(H,24,27)(H,25,29). The Morgan fingerprint density at radius 3 is 2.19 bits per heavy atom. The molecular formula is C23H37N3O4S. The Morgan fingerprint density at radius 1 is 1.13 bits per heavy atom. The van der Waals surface area contributed by atoms with Crippen molar-refractivity contribution in [1.29, 1.82) is 0 Å². The minimum atomic E-state index is -0.933. The van der Waals surface area contributed by atoms with Crippen molar-refractivity contribution >= 4 is 30.5 Å². The maximum absolute atomic E-state index is 13.2. The van der Waals surface area contributed by atoms with E-state index < -0.39 is 29.7 Å². The van der Waals surface area contributed by atoms with Crippen LogP contribution in [0, 0.1) is 6.92 Å². The monoisotopic (exact) mass is 451 g/mol. The summed E-state index contributed by atoms with van der Waals surface area (Å²) in [7, 11) is 1.56. The number of alkyl carbamates (subject to hydrolysis) is 1. The van der Waals surface area contributed by atoms with Gasteiger partial charge in [-0.3, -0.25) is 9.59 Å². The molecule has 0 aromatic heterocycles. The van der Waals surface area contributed by atoms with Gasteiger partial charge in [0, 0.05) is 18.8 Å². The molecule has 3 unspecified atom stereocenters. The summed E-state index contributed by atoms with van der Waals surface area (Å²) in [5.74, 6) is -0.628. The van der Waals surface area contributed by atoms with Gasteiger partial charge < -0.3 is 20.3 Å². The Labute approximate surface area is 191 Å². The molecule has 0 bridgehead atoms. The smallest absolute Gasteiger partial charge is 0.408 e. The normalized spacial score (nSPS) is 14.2. The lowest BCUT2D eigenvalue weighted by Crippen LogP contribution is -2.53. The van der Waals surface area contributed by atoms with Crippen molar-refractivity contribution in [2.24, 2.45) is 0 Å². The second kappa shape index (κ2) is 12.0. The van der Waals surface area contributed by atoms with E-state index in [1.165, 1.54) is 4.90 Å². The van der Waals surface area contributed by atoms with Crippen LogP contribution in [0.2, 0.25) is 0 Å². The molecule has 0 aliphatic rings. The summed E-state index contributed by atoms with van der Waals surface area (Å²) in [6, 6.07) is 5.69. The summed E-state index contributed by atoms with van der Waals surface area (Å²) in [6.07, 6.45) is 1.07. The van der Waals surface area contributed by atoms with E-state index in [-0.39, 0.29) is 17.7 Å². The van der Waals surface area contributed by atoms with Gasteiger partial charge in [0.25, 0.3) is 0 Å². The quantitative estimate of drug-likeness (QED) is 0.501. The van der Waals surface area contributed by atoms with Crippen molar-refractivity contribution in [2.45, 2.75) is 78.1 Å². The van der Waals surface area contributed by atoms with Gasteiger partial charge in [-0.1, -0.05) is 43.2 Å². The number of amides is 3. The SMILES string of the molecule is CCCC(C)NC(=O)C(c1ccc(C)cc1)N(C)C(=O)C(CS)NC(=O)OC(C)(C)C. The molecule has 1 aromatic carbocycles. The van der Waals surface area contributed by atoms with E-state index in [2.05, 4.69) is 30.2 Å². The van der Waals surface area contributed by atoms with E-state index in [1.807, 2.05) is 38.1 Å². The average Bonchev–Trinajstić information content (AvgIpc) is 2.65. The zero-order valence-corrected chi connectivity index (χ0v) is 20.6. The Morgan fingerprint density at radius 2 is 1.71 bits per heavy atom. The number of aryl methyl sites for hydroxylation is 1. The number of ether oxygens (including phenoxy) is 1. The van der Waals surface area contributed by atoms with Crippen molar-refractivity contribution in [3.63, 3.8) is 0 Å². The highest BCUT2D eigenvalue weighted by molar-refractivity contribution is 7.80. The topological polar surface area (TPSA) is 87.7 Å². The van der Waals surface area contributed by atoms with Crippen molar-refractivity contribution in [3.8, 4) is 0 Å². The molecule has 31 heavy (non-hydrogen) atoms. The molecule has 8 heteroatoms. The molecule has 0 fully saturated rings. The van der Waals surface area contributed by atoms with E-state index in [0.717, 1.165) is 18.4 Å². The Bertz CT molecular complexity index is 746. The van der Waals surface area contributed by atoms with Gasteiger partial charge in [-0.2, -0.15) is 12.6 Å². The van der Waals surface area contributed by atoms with Crippen LogP contribution < -0.4 is 10.6 Å². The molecule has 0 radical (unpaired) electrons. The number of carbonyl (C=O) groups excluding carboxylic acids is 3. The molecule has 3 amide bonds. The first kappa shape index (κ1) is 26.8. The number of hydrogen-bond donors (Lipinski definition) is 3. The minimum Gasteiger partial charge on any atom is -0.444 e. The van der Waals surface area contributed by atoms with Crippen LogP contribution in [0.3, 0.4) is 0 Å². The maximum Gasteiger partial charge on any atom is 0.408 e. The second-order valence-corrected chi connectivity index (χ2v) is 9.21. The van der Waals surface area contributed by atoms with Crippen molar-refractivity contribution in [1.82, 2.24) is 15.5 Å². The lowest BCUT2D eigenvalue weighted by Gasteiger charge is -2.32. The highest BCUT2D eigenvalue weighted by Gasteiger charge is 2.33. The summed E-state index contributed by atoms with van der Waals surface area (Å²) in [5.41, 5.74) is 1.05. The summed E-state index contributed by atoms with van der Waals surface area (Å²) in [4.78, 5) is 39.9. The first-order valence-electron chi connectivity index (χ1n) is 10.6. The van der Waals surface area contributed by atoms with Gasteiger partial charge in [-0.25, -0.2) is 4.79 Å². The van der Waals surface area contributed by atoms with Crippen molar-refractivity contribution < 1.29 is 19.1 Å². The van der Waals surface area contributed by atoms with Crippen LogP contribution in [0.1, 0.15) is 64.6 Å². The van der Waals surface area contributed by atoms with Gasteiger partial charge in [-0.05, 0) is 46.6 Å². The molecule has 0 spiro atoms. The molecular weight excluding hydrogens is 414 g/mol. The largest absolute Gasteiger partial charge is 0.444 e. The van der Waals surface area contributed by atoms with Gasteiger partial charge in [0.1, 0.15) is 17.7 Å². The first-order chi connectivity index (χ1) is 14.4. The summed E-state index contributed by atoms with van der Waals surface area (Å²) >= 11 is 4.22. The predicted octanol–water partition coefficient (Wildman–Crippen LogP) is 3.62. The number of carbonyl (C=O) groups is 3. The molecule has 1 rings (SSSR count). The Balaban J connectivity index is 3.12. The maximum atomic E-state index is 13.2. The highest BCUT2D eigenvalue weighted by atomic mass is 32.1. The number of nitrogens with zero attached hydrogens (tertiary/aromatic N) is 1. The summed E-state index contributed by atoms with van der Waals surface area (Å²) < 4.78 is 5.25. The first-order valence-corrected chi connectivity index (χ1v) is 11.3. The van der Waals surface area contributed by atoms with Gasteiger partial charge in [0.15, 0.2) is 0 Å². The fraction of sp³-hybridized carbons (Fsp3) is 0.609. The van der Waals surface area contributed by atoms with Crippen LogP contribution in [0.5, 0.6) is 0 Å². The summed E-state index contributed by atoms with van der Waals surface area (Å²) in [5, 5.41) is 5.55. The van der Waals surface area contributed by atoms with E-state index in [9.17, 15) is 14.4 Å². The lowest BCUT2D eigenvalue weighted by atomic mass is 10.0. The van der Waals surface area contributed by atoms with Crippen LogP contribution in [0.15, 0.2) is 24.3 Å². The molecule has 1 aromatic rings. The second-order valence-electron chi connectivity index (χ2n) is 8.84. The molecule has 2 N–H and O–H groups in total. The average molecular weight is 452 g/mol. The van der Waals surface area contributed by atoms with Crippen LogP contribution in [-0.2, 0) is 14.3 Å². The Hall–Kier alpha value is -2.22. The van der Waals surface area contributed by atoms with Crippen molar-refractivity contribution in [2.75, 3.05) is 12.8 Å². The van der Waals surface area contributed by atoms with E-state index in [4.69, 9.17) is 4.74 Å². The fourth-order valence-corrected chi connectivity index (χ4v) is 3.38. The number of nitrogens with one attached hydrogen (secondary N) is 2. The third kappa shape index (κ3) is 8.81. The van der Waals surface area contributed by atoms with Gasteiger partial charge in [-0.15, -0.1) is 0 Å². The highest BCUT2D eigenvalue weighted by Crippen LogP contribution is 2.22. The van der Waals surface area contributed by atoms with Crippen LogP contribution in [-0.4, -0.2) is 53.3 Å². The van der Waals surface area contributed by atoms with Crippen LogP contribution in [0.4, 0.5) is 4.79 Å². The number of benzene rings is 1. The van der Waals surface area contributed by atoms with E-state index >= 15 is 0 Å². The molecule has 7 nitrogen and oxygen atoms in total. The van der Waals surface area contributed by atoms with Crippen LogP contribution >= 0.6 is 12.6 Å². The minimum absolute atomic E-state index is 0.0190. The fourth-order valence-electron chi connectivity index (χ4n) is 3.13. The molecule has 3 atom stereocenters. The number of rotatable bonds is 9. The van der Waals surface area contributed by atoms with E-state index in [0.29, 0.717) is 5.56 Å². The Kier molecular flexibility index (Phi) is 10.4. The molecule has 0 aliphatic carbocycles. The van der Waals surface area contributed by atoms with Crippen LogP contribution in [0.25, 0.3) is 0 Å². The van der Waals surface area contributed by atoms with Gasteiger partial charge >= 0.3 is 6.09 Å². The van der Waals surface area contributed by atoms with Gasteiger partial charge in [0.2, 0.25) is 11.8 Å². The zero-order chi connectivity index (χ0) is 23.8. The lowest BCUT2D eigenvalue weighted by molar-refractivity contribution is -0.140. The zero-order valence-electron chi connectivity index (χ0n) is 19.7. The van der Waals surface area contributed by atoms with Gasteiger partial charge in [0.05, 0.1) is 0 Å². The number of likely N-dealkylation sites (N-methyl/N-ethyl adjacent to an activating group) is 1. The van der Waals surface area contributed by atoms with Crippen molar-refractivity contribution in [3.05, 3.63) is 35.4 Å². The summed E-state index contributed by atoms with van der Waals surface area (Å²) in [6.45, 7) is 11.2. The third-order valence-corrected chi connectivity index (χ3v) is 5.02. The molecule has 0 saturated heterocycles. The molecule has 0 saturated carbocycles. The third-order valence-electron chi connectivity index (χ3n) is 4.66. The number of thiol groups is 1. The molecule has 174 valence electrons. The number of hydrogen-bond acceptors (Lipinski definition) is 5. The predicted molar refractivity (Wildman–Crippen MR) is 126 cm³/mol.